The van der Waals surface area contributed by atoms with Gasteiger partial charge in [0.1, 0.15) is 18.0 Å². The third-order valence-electron chi connectivity index (χ3n) is 4.35. The highest BCUT2D eigenvalue weighted by Crippen LogP contribution is 2.25. The first kappa shape index (κ1) is 21.2. The summed E-state index contributed by atoms with van der Waals surface area (Å²) in [5.74, 6) is 0.722. The second-order valence-corrected chi connectivity index (χ2v) is 8.16. The van der Waals surface area contributed by atoms with E-state index in [-0.39, 0.29) is 11.4 Å². The lowest BCUT2D eigenvalue weighted by molar-refractivity contribution is -0.114. The number of hydrogen-bond donors (Lipinski definition) is 1. The predicted octanol–water partition coefficient (Wildman–Crippen LogP) is 3.54. The summed E-state index contributed by atoms with van der Waals surface area (Å²) in [7, 11) is -0.926. The number of para-hydroxylation sites is 1. The van der Waals surface area contributed by atoms with Gasteiger partial charge in [0.2, 0.25) is 5.91 Å². The number of anilines is 2. The molecule has 1 amide bonds. The van der Waals surface area contributed by atoms with Gasteiger partial charge in [-0.15, -0.1) is 0 Å². The van der Waals surface area contributed by atoms with Crippen molar-refractivity contribution < 1.29 is 22.7 Å². The number of nitrogens with one attached hydrogen (secondary N) is 1. The van der Waals surface area contributed by atoms with Crippen LogP contribution in [-0.2, 0) is 14.8 Å². The minimum Gasteiger partial charge on any atom is -0.497 e. The van der Waals surface area contributed by atoms with Gasteiger partial charge < -0.3 is 14.8 Å². The van der Waals surface area contributed by atoms with Gasteiger partial charge in [-0.3, -0.25) is 9.10 Å². The number of ether oxygens (including phenoxy) is 2. The number of benzene rings is 3. The van der Waals surface area contributed by atoms with Crippen LogP contribution in [0.5, 0.6) is 11.5 Å². The molecule has 0 atom stereocenters. The molecule has 0 aliphatic rings. The van der Waals surface area contributed by atoms with Crippen molar-refractivity contribution in [3.8, 4) is 11.5 Å². The van der Waals surface area contributed by atoms with Crippen molar-refractivity contribution in [2.75, 3.05) is 30.4 Å². The van der Waals surface area contributed by atoms with Gasteiger partial charge in [0.25, 0.3) is 10.0 Å². The fraction of sp³-hybridized carbons (Fsp3) is 0.136. The third-order valence-corrected chi connectivity index (χ3v) is 6.14. The molecule has 156 valence electrons. The van der Waals surface area contributed by atoms with Crippen molar-refractivity contribution in [3.63, 3.8) is 0 Å². The fourth-order valence-corrected chi connectivity index (χ4v) is 4.21. The molecule has 3 aromatic rings. The molecule has 0 aliphatic heterocycles. The largest absolute Gasteiger partial charge is 0.497 e. The maximum atomic E-state index is 13.3. The first-order chi connectivity index (χ1) is 14.4. The zero-order valence-electron chi connectivity index (χ0n) is 16.6. The molecule has 0 spiro atoms. The molecule has 0 radical (unpaired) electrons. The van der Waals surface area contributed by atoms with E-state index in [9.17, 15) is 13.2 Å². The Labute approximate surface area is 175 Å². The van der Waals surface area contributed by atoms with Crippen molar-refractivity contribution in [3.05, 3.63) is 78.9 Å². The third kappa shape index (κ3) is 4.90. The second-order valence-electron chi connectivity index (χ2n) is 6.30. The Hall–Kier alpha value is -3.52. The summed E-state index contributed by atoms with van der Waals surface area (Å²) in [4.78, 5) is 12.7. The van der Waals surface area contributed by atoms with E-state index in [1.165, 1.54) is 19.2 Å². The lowest BCUT2D eigenvalue weighted by atomic mass is 10.3. The molecule has 0 fully saturated rings. The van der Waals surface area contributed by atoms with Crippen molar-refractivity contribution in [2.24, 2.45) is 0 Å². The van der Waals surface area contributed by atoms with Crippen molar-refractivity contribution >= 4 is 27.3 Å². The van der Waals surface area contributed by atoms with Gasteiger partial charge >= 0.3 is 0 Å². The summed E-state index contributed by atoms with van der Waals surface area (Å²) in [6.45, 7) is -0.385. The van der Waals surface area contributed by atoms with Crippen LogP contribution in [0.1, 0.15) is 0 Å². The van der Waals surface area contributed by atoms with Crippen LogP contribution in [0.2, 0.25) is 0 Å². The highest BCUT2D eigenvalue weighted by molar-refractivity contribution is 7.92. The lowest BCUT2D eigenvalue weighted by Gasteiger charge is -2.24. The monoisotopic (exact) mass is 426 g/mol. The maximum absolute atomic E-state index is 13.3. The molecule has 3 rings (SSSR count). The zero-order valence-corrected chi connectivity index (χ0v) is 17.4. The van der Waals surface area contributed by atoms with E-state index in [2.05, 4.69) is 5.32 Å². The minimum absolute atomic E-state index is 0.0596. The minimum atomic E-state index is -3.98. The van der Waals surface area contributed by atoms with Crippen molar-refractivity contribution in [1.82, 2.24) is 0 Å². The molecule has 0 saturated heterocycles. The predicted molar refractivity (Wildman–Crippen MR) is 116 cm³/mol. The second kappa shape index (κ2) is 9.32. The van der Waals surface area contributed by atoms with E-state index in [4.69, 9.17) is 9.47 Å². The molecule has 7 nitrogen and oxygen atoms in total. The zero-order chi connectivity index (χ0) is 21.6. The average molecular weight is 426 g/mol. The Kier molecular flexibility index (Phi) is 6.58. The number of hydrogen-bond acceptors (Lipinski definition) is 5. The van der Waals surface area contributed by atoms with E-state index >= 15 is 0 Å². The van der Waals surface area contributed by atoms with Crippen LogP contribution in [0.25, 0.3) is 0 Å². The molecule has 8 heteroatoms. The maximum Gasteiger partial charge on any atom is 0.264 e. The van der Waals surface area contributed by atoms with Gasteiger partial charge in [-0.2, -0.15) is 0 Å². The fourth-order valence-electron chi connectivity index (χ4n) is 2.79. The highest BCUT2D eigenvalue weighted by atomic mass is 32.2. The summed E-state index contributed by atoms with van der Waals surface area (Å²) in [5, 5.41) is 2.71. The summed E-state index contributed by atoms with van der Waals surface area (Å²) in [6.07, 6.45) is 0. The Morgan fingerprint density at radius 1 is 0.833 bits per heavy atom. The molecule has 1 N–H and O–H groups in total. The summed E-state index contributed by atoms with van der Waals surface area (Å²) >= 11 is 0. The van der Waals surface area contributed by atoms with Crippen LogP contribution in [-0.4, -0.2) is 35.1 Å². The van der Waals surface area contributed by atoms with Crippen molar-refractivity contribution in [1.29, 1.82) is 0 Å². The number of rotatable bonds is 8. The number of carbonyl (C=O) groups excluding carboxylic acids is 1. The van der Waals surface area contributed by atoms with E-state index in [1.54, 1.807) is 73.8 Å². The van der Waals surface area contributed by atoms with Gasteiger partial charge in [-0.05, 0) is 60.7 Å². The molecule has 0 unspecified atom stereocenters. The molecule has 0 saturated carbocycles. The number of carbonyl (C=O) groups is 1. The molecule has 0 aromatic heterocycles. The first-order valence-electron chi connectivity index (χ1n) is 9.10. The van der Waals surface area contributed by atoms with Gasteiger partial charge in [-0.25, -0.2) is 8.42 Å². The molecule has 0 aliphatic carbocycles. The van der Waals surface area contributed by atoms with Crippen LogP contribution in [0.4, 0.5) is 11.4 Å². The highest BCUT2D eigenvalue weighted by Gasteiger charge is 2.27. The Bertz CT molecular complexity index is 1080. The standard InChI is InChI=1S/C22H22N2O5S/c1-28-19-10-8-17(9-11-19)23-22(25)16-24(18-6-4-3-5-7-18)30(26,27)21-14-12-20(29-2)13-15-21/h3-15H,16H2,1-2H3,(H,23,25). The smallest absolute Gasteiger partial charge is 0.264 e. The summed E-state index contributed by atoms with van der Waals surface area (Å²) < 4.78 is 37.9. The summed E-state index contributed by atoms with van der Waals surface area (Å²) in [6, 6.07) is 21.3. The van der Waals surface area contributed by atoms with E-state index in [0.29, 0.717) is 22.9 Å². The topological polar surface area (TPSA) is 84.9 Å². The van der Waals surface area contributed by atoms with Crippen molar-refractivity contribution in [2.45, 2.75) is 4.90 Å². The van der Waals surface area contributed by atoms with Gasteiger partial charge in [0, 0.05) is 5.69 Å². The summed E-state index contributed by atoms with van der Waals surface area (Å²) in [5.41, 5.74) is 0.925. The van der Waals surface area contributed by atoms with E-state index in [1.807, 2.05) is 0 Å². The van der Waals surface area contributed by atoms with Crippen LogP contribution >= 0.6 is 0 Å². The molecule has 3 aromatic carbocycles. The first-order valence-corrected chi connectivity index (χ1v) is 10.5. The Morgan fingerprint density at radius 2 is 1.37 bits per heavy atom. The van der Waals surface area contributed by atoms with Gasteiger partial charge in [0.05, 0.1) is 24.8 Å². The Balaban J connectivity index is 1.87. The van der Waals surface area contributed by atoms with E-state index < -0.39 is 15.9 Å². The van der Waals surface area contributed by atoms with Gasteiger partial charge in [0.15, 0.2) is 0 Å². The van der Waals surface area contributed by atoms with Gasteiger partial charge in [-0.1, -0.05) is 18.2 Å². The molecule has 0 bridgehead atoms. The number of nitrogens with zero attached hydrogens (tertiary/aromatic N) is 1. The van der Waals surface area contributed by atoms with Crippen LogP contribution in [0, 0.1) is 0 Å². The Morgan fingerprint density at radius 3 is 1.90 bits per heavy atom. The number of amides is 1. The lowest BCUT2D eigenvalue weighted by Crippen LogP contribution is -2.38. The van der Waals surface area contributed by atoms with Crippen LogP contribution in [0.3, 0.4) is 0 Å². The quantitative estimate of drug-likeness (QED) is 0.596. The molecule has 0 heterocycles. The van der Waals surface area contributed by atoms with E-state index in [0.717, 1.165) is 4.31 Å². The average Bonchev–Trinajstić information content (AvgIpc) is 2.78. The normalized spacial score (nSPS) is 10.9. The number of methoxy groups -OCH3 is 2. The molecule has 30 heavy (non-hydrogen) atoms. The SMILES string of the molecule is COc1ccc(NC(=O)CN(c2ccccc2)S(=O)(=O)c2ccc(OC)cc2)cc1. The number of sulfonamides is 1. The molecular weight excluding hydrogens is 404 g/mol. The van der Waals surface area contributed by atoms with Crippen LogP contribution < -0.4 is 19.1 Å². The van der Waals surface area contributed by atoms with Crippen LogP contribution in [0.15, 0.2) is 83.8 Å². The molecular formula is C22H22N2O5S.